The number of benzene rings is 6. The fourth-order valence-corrected chi connectivity index (χ4v) is 4.96. The highest BCUT2D eigenvalue weighted by Gasteiger charge is 2.18. The van der Waals surface area contributed by atoms with Gasteiger partial charge >= 0.3 is 0 Å². The van der Waals surface area contributed by atoms with Crippen LogP contribution in [0.2, 0.25) is 0 Å². The summed E-state index contributed by atoms with van der Waals surface area (Å²) in [5, 5.41) is 6.69. The summed E-state index contributed by atoms with van der Waals surface area (Å²) in [5.74, 6) is -0.244. The van der Waals surface area contributed by atoms with E-state index in [4.69, 9.17) is 0 Å². The Balaban J connectivity index is 1.20. The number of hydrogen-bond acceptors (Lipinski definition) is 5. The Bertz CT molecular complexity index is 1790. The third-order valence-corrected chi connectivity index (χ3v) is 7.27. The summed E-state index contributed by atoms with van der Waals surface area (Å²) in [4.78, 5) is 39.5. The molecule has 212 valence electrons. The molecule has 0 unspecified atom stereocenters. The lowest BCUT2D eigenvalue weighted by molar-refractivity contribution is 0.103. The first-order valence-corrected chi connectivity index (χ1v) is 14.2. The van der Waals surface area contributed by atoms with E-state index in [2.05, 4.69) is 10.6 Å². The quantitative estimate of drug-likeness (QED) is 0.160. The molecule has 0 fully saturated rings. The van der Waals surface area contributed by atoms with Crippen molar-refractivity contribution in [3.05, 3.63) is 191 Å². The first-order valence-electron chi connectivity index (χ1n) is 14.2. The van der Waals surface area contributed by atoms with E-state index in [1.807, 2.05) is 97.1 Å². The van der Waals surface area contributed by atoms with Crippen LogP contribution < -0.4 is 10.6 Å². The Labute approximate surface area is 255 Å². The number of carbonyl (C=O) groups excluding carboxylic acids is 3. The Morgan fingerprint density at radius 1 is 0.318 bits per heavy atom. The second kappa shape index (κ2) is 12.8. The van der Waals surface area contributed by atoms with Gasteiger partial charge in [0.1, 0.15) is 0 Å². The minimum absolute atomic E-state index is 0.0470. The van der Waals surface area contributed by atoms with Crippen LogP contribution in [0.3, 0.4) is 0 Å². The molecule has 0 bridgehead atoms. The summed E-state index contributed by atoms with van der Waals surface area (Å²) in [6, 6.07) is 47.5. The van der Waals surface area contributed by atoms with Gasteiger partial charge in [-0.1, -0.05) is 84.9 Å². The number of ketones is 3. The summed E-state index contributed by atoms with van der Waals surface area (Å²) in [6.45, 7) is 0. The van der Waals surface area contributed by atoms with Crippen molar-refractivity contribution < 1.29 is 14.4 Å². The van der Waals surface area contributed by atoms with E-state index in [-0.39, 0.29) is 17.3 Å². The molecule has 6 rings (SSSR count). The van der Waals surface area contributed by atoms with Crippen LogP contribution in [0.15, 0.2) is 158 Å². The van der Waals surface area contributed by atoms with Crippen molar-refractivity contribution >= 4 is 40.1 Å². The van der Waals surface area contributed by atoms with Crippen molar-refractivity contribution in [3.63, 3.8) is 0 Å². The summed E-state index contributed by atoms with van der Waals surface area (Å²) in [6.07, 6.45) is 0. The molecule has 0 aliphatic carbocycles. The number of anilines is 4. The third kappa shape index (κ3) is 6.22. The Hall–Kier alpha value is -6.07. The van der Waals surface area contributed by atoms with Crippen molar-refractivity contribution in [2.75, 3.05) is 10.6 Å². The van der Waals surface area contributed by atoms with Crippen LogP contribution in [-0.2, 0) is 0 Å². The molecule has 0 amide bonds. The minimum Gasteiger partial charge on any atom is -0.355 e. The topological polar surface area (TPSA) is 75.3 Å². The van der Waals surface area contributed by atoms with Gasteiger partial charge in [0.05, 0.1) is 0 Å². The molecule has 0 heterocycles. The van der Waals surface area contributed by atoms with E-state index in [0.29, 0.717) is 44.8 Å². The third-order valence-electron chi connectivity index (χ3n) is 7.27. The highest BCUT2D eigenvalue weighted by atomic mass is 16.1. The first-order chi connectivity index (χ1) is 21.6. The van der Waals surface area contributed by atoms with Gasteiger partial charge in [0.2, 0.25) is 0 Å². The van der Waals surface area contributed by atoms with Gasteiger partial charge in [0.25, 0.3) is 0 Å². The summed E-state index contributed by atoms with van der Waals surface area (Å²) in [7, 11) is 0. The van der Waals surface area contributed by atoms with Gasteiger partial charge in [-0.15, -0.1) is 0 Å². The second-order valence-electron chi connectivity index (χ2n) is 10.2. The normalized spacial score (nSPS) is 10.5. The number of carbonyl (C=O) groups is 3. The van der Waals surface area contributed by atoms with E-state index in [9.17, 15) is 14.4 Å². The van der Waals surface area contributed by atoms with Gasteiger partial charge < -0.3 is 10.6 Å². The molecule has 0 spiro atoms. The van der Waals surface area contributed by atoms with Gasteiger partial charge in [-0.05, 0) is 72.8 Å². The summed E-state index contributed by atoms with van der Waals surface area (Å²) < 4.78 is 0. The largest absolute Gasteiger partial charge is 0.355 e. The van der Waals surface area contributed by atoms with Crippen molar-refractivity contribution in [1.82, 2.24) is 0 Å². The van der Waals surface area contributed by atoms with Crippen LogP contribution in [0.1, 0.15) is 47.8 Å². The predicted molar refractivity (Wildman–Crippen MR) is 176 cm³/mol. The van der Waals surface area contributed by atoms with Crippen molar-refractivity contribution in [3.8, 4) is 0 Å². The lowest BCUT2D eigenvalue weighted by Gasteiger charge is -2.15. The zero-order valence-electron chi connectivity index (χ0n) is 23.7. The van der Waals surface area contributed by atoms with Crippen LogP contribution in [0.25, 0.3) is 0 Å². The molecule has 0 aromatic heterocycles. The molecule has 44 heavy (non-hydrogen) atoms. The molecule has 5 heteroatoms. The van der Waals surface area contributed by atoms with Gasteiger partial charge in [-0.3, -0.25) is 14.4 Å². The maximum absolute atomic E-state index is 13.9. The SMILES string of the molecule is O=C(c1ccccc1)c1ccc(Nc2ccccc2C(=O)c2ccccc2Nc2ccc(C(=O)c3ccccc3)cc2)cc1. The van der Waals surface area contributed by atoms with Crippen LogP contribution in [0, 0.1) is 0 Å². The Kier molecular flexibility index (Phi) is 8.19. The zero-order valence-corrected chi connectivity index (χ0v) is 23.7. The van der Waals surface area contributed by atoms with Crippen LogP contribution >= 0.6 is 0 Å². The van der Waals surface area contributed by atoms with E-state index >= 15 is 0 Å². The fourth-order valence-electron chi connectivity index (χ4n) is 4.96. The van der Waals surface area contributed by atoms with Gasteiger partial charge in [-0.2, -0.15) is 0 Å². The average Bonchev–Trinajstić information content (AvgIpc) is 3.09. The molecule has 0 atom stereocenters. The van der Waals surface area contributed by atoms with Crippen molar-refractivity contribution in [1.29, 1.82) is 0 Å². The number of nitrogens with one attached hydrogen (secondary N) is 2. The summed E-state index contributed by atoms with van der Waals surface area (Å²) in [5.41, 5.74) is 6.27. The van der Waals surface area contributed by atoms with E-state index < -0.39 is 0 Å². The van der Waals surface area contributed by atoms with E-state index in [0.717, 1.165) is 11.4 Å². The lowest BCUT2D eigenvalue weighted by atomic mass is 9.99. The molecule has 2 N–H and O–H groups in total. The molecule has 0 saturated carbocycles. The molecule has 0 aliphatic rings. The molecule has 0 radical (unpaired) electrons. The maximum Gasteiger partial charge on any atom is 0.197 e. The average molecular weight is 573 g/mol. The molecule has 0 saturated heterocycles. The molecular formula is C39H28N2O3. The number of para-hydroxylation sites is 2. The molecule has 6 aromatic carbocycles. The minimum atomic E-state index is -0.150. The monoisotopic (exact) mass is 572 g/mol. The maximum atomic E-state index is 13.9. The summed E-state index contributed by atoms with van der Waals surface area (Å²) >= 11 is 0. The highest BCUT2D eigenvalue weighted by molar-refractivity contribution is 6.16. The Morgan fingerprint density at radius 2 is 0.636 bits per heavy atom. The number of rotatable bonds is 10. The molecule has 6 aromatic rings. The van der Waals surface area contributed by atoms with Crippen molar-refractivity contribution in [2.24, 2.45) is 0 Å². The van der Waals surface area contributed by atoms with E-state index in [1.54, 1.807) is 60.7 Å². The van der Waals surface area contributed by atoms with Crippen LogP contribution in [0.5, 0.6) is 0 Å². The molecular weight excluding hydrogens is 544 g/mol. The first kappa shape index (κ1) is 28.1. The van der Waals surface area contributed by atoms with Gasteiger partial charge in [0, 0.05) is 56.1 Å². The Morgan fingerprint density at radius 3 is 1.02 bits per heavy atom. The zero-order chi connectivity index (χ0) is 30.3. The highest BCUT2D eigenvalue weighted by Crippen LogP contribution is 2.28. The molecule has 0 aliphatic heterocycles. The van der Waals surface area contributed by atoms with Crippen molar-refractivity contribution in [2.45, 2.75) is 0 Å². The second-order valence-corrected chi connectivity index (χ2v) is 10.2. The van der Waals surface area contributed by atoms with Crippen LogP contribution in [-0.4, -0.2) is 17.3 Å². The molecule has 5 nitrogen and oxygen atoms in total. The standard InChI is InChI=1S/C39H28N2O3/c42-37(27-11-3-1-4-12-27)29-19-23-31(24-20-29)40-35-17-9-7-15-33(35)39(44)34-16-8-10-18-36(34)41-32-25-21-30(22-26-32)38(43)28-13-5-2-6-14-28/h1-26,40-41H. The number of hydrogen-bond donors (Lipinski definition) is 2. The van der Waals surface area contributed by atoms with Gasteiger partial charge in [0.15, 0.2) is 17.3 Å². The lowest BCUT2D eigenvalue weighted by Crippen LogP contribution is -2.08. The predicted octanol–water partition coefficient (Wildman–Crippen LogP) is 8.87. The smallest absolute Gasteiger partial charge is 0.197 e. The van der Waals surface area contributed by atoms with Gasteiger partial charge in [-0.25, -0.2) is 0 Å². The van der Waals surface area contributed by atoms with E-state index in [1.165, 1.54) is 0 Å². The fraction of sp³-hybridized carbons (Fsp3) is 0. The van der Waals surface area contributed by atoms with Crippen LogP contribution in [0.4, 0.5) is 22.7 Å².